The summed E-state index contributed by atoms with van der Waals surface area (Å²) in [5.74, 6) is -4.30. The van der Waals surface area contributed by atoms with E-state index in [1.807, 2.05) is 13.0 Å². The maximum Gasteiger partial charge on any atom is 0.423 e. The number of allylic oxidation sites excluding steroid dienone is 1. The topological polar surface area (TPSA) is 145 Å². The average molecular weight is 522 g/mol. The maximum absolute atomic E-state index is 13.0. The van der Waals surface area contributed by atoms with Gasteiger partial charge in [0.2, 0.25) is 11.8 Å². The number of carbonyl (C=O) groups is 3. The molecular formula is C26H32ClNO8. The molecule has 0 radical (unpaired) electrons. The Hall–Kier alpha value is -2.72. The highest BCUT2D eigenvalue weighted by molar-refractivity contribution is 6.32. The number of aliphatic hydroxyl groups excluding tert-OH is 3. The second kappa shape index (κ2) is 12.0. The number of rotatable bonds is 9. The van der Waals surface area contributed by atoms with E-state index in [1.165, 1.54) is 12.1 Å². The average Bonchev–Trinajstić information content (AvgIpc) is 3.11. The molecule has 3 rings (SSSR count). The monoisotopic (exact) mass is 521 g/mol. The minimum atomic E-state index is -1.09. The standard InChI is InChI=1S/C26H32ClNO8/c1-3-4-14(9-15-6-7-17(31)11-20(15)27)5-8-21(32)22-16(12-29)10-18-23(19(22)13-30)25(34)28(24(18)33)26(35)36-2/h6-7,9,11,18-19,21,23,29-32H,3-5,8,10,12-13H2,1-2H3/b14-9+/t18-,19+,21-,23-/m1/s1. The Balaban J connectivity index is 1.86. The Kier molecular flexibility index (Phi) is 9.30. The molecule has 1 aromatic carbocycles. The van der Waals surface area contributed by atoms with Crippen LogP contribution in [0, 0.1) is 17.8 Å². The lowest BCUT2D eigenvalue weighted by Gasteiger charge is -2.36. The van der Waals surface area contributed by atoms with Crippen LogP contribution in [0.25, 0.3) is 6.08 Å². The Labute approximate surface area is 214 Å². The van der Waals surface area contributed by atoms with Gasteiger partial charge in [-0.15, -0.1) is 0 Å². The van der Waals surface area contributed by atoms with E-state index >= 15 is 0 Å². The zero-order chi connectivity index (χ0) is 26.6. The summed E-state index contributed by atoms with van der Waals surface area (Å²) in [6.45, 7) is 1.03. The fourth-order valence-corrected chi connectivity index (χ4v) is 5.53. The van der Waals surface area contributed by atoms with Crippen LogP contribution < -0.4 is 0 Å². The van der Waals surface area contributed by atoms with E-state index in [4.69, 9.17) is 11.6 Å². The van der Waals surface area contributed by atoms with Gasteiger partial charge in [0, 0.05) is 5.92 Å². The molecule has 10 heteroatoms. The van der Waals surface area contributed by atoms with Crippen molar-refractivity contribution in [2.45, 2.75) is 45.1 Å². The first kappa shape index (κ1) is 27.9. The molecule has 9 nitrogen and oxygen atoms in total. The number of aliphatic hydroxyl groups is 3. The van der Waals surface area contributed by atoms with Gasteiger partial charge < -0.3 is 25.2 Å². The molecule has 0 aromatic heterocycles. The molecule has 1 aliphatic carbocycles. The van der Waals surface area contributed by atoms with E-state index < -0.39 is 55.0 Å². The number of methoxy groups -OCH3 is 1. The Morgan fingerprint density at radius 1 is 1.25 bits per heavy atom. The van der Waals surface area contributed by atoms with Crippen LogP contribution in [-0.4, -0.2) is 69.7 Å². The number of carbonyl (C=O) groups excluding carboxylic acids is 3. The molecule has 1 aromatic rings. The minimum absolute atomic E-state index is 0.00288. The lowest BCUT2D eigenvalue weighted by atomic mass is 9.68. The number of hydrogen-bond donors (Lipinski definition) is 4. The van der Waals surface area contributed by atoms with Crippen LogP contribution in [0.3, 0.4) is 0 Å². The van der Waals surface area contributed by atoms with Crippen LogP contribution in [-0.2, 0) is 14.3 Å². The predicted octanol–water partition coefficient (Wildman–Crippen LogP) is 3.04. The maximum atomic E-state index is 13.0. The zero-order valence-corrected chi connectivity index (χ0v) is 21.1. The first-order valence-corrected chi connectivity index (χ1v) is 12.3. The number of aromatic hydroxyl groups is 1. The number of amides is 3. The molecular weight excluding hydrogens is 490 g/mol. The van der Waals surface area contributed by atoms with Crippen LogP contribution in [0.5, 0.6) is 5.75 Å². The predicted molar refractivity (Wildman–Crippen MR) is 132 cm³/mol. The number of imide groups is 3. The van der Waals surface area contributed by atoms with Crippen molar-refractivity contribution in [1.82, 2.24) is 4.90 Å². The van der Waals surface area contributed by atoms with Gasteiger partial charge in [-0.1, -0.05) is 36.6 Å². The van der Waals surface area contributed by atoms with Gasteiger partial charge >= 0.3 is 6.09 Å². The summed E-state index contributed by atoms with van der Waals surface area (Å²) < 4.78 is 4.57. The summed E-state index contributed by atoms with van der Waals surface area (Å²) in [4.78, 5) is 38.2. The van der Waals surface area contributed by atoms with Gasteiger partial charge in [-0.2, -0.15) is 4.90 Å². The highest BCUT2D eigenvalue weighted by Crippen LogP contribution is 2.46. The van der Waals surface area contributed by atoms with Gasteiger partial charge in [-0.3, -0.25) is 9.59 Å². The van der Waals surface area contributed by atoms with Crippen LogP contribution in [0.2, 0.25) is 5.02 Å². The van der Waals surface area contributed by atoms with E-state index in [-0.39, 0.29) is 18.6 Å². The molecule has 196 valence electrons. The molecule has 36 heavy (non-hydrogen) atoms. The lowest BCUT2D eigenvalue weighted by molar-refractivity contribution is -0.137. The summed E-state index contributed by atoms with van der Waals surface area (Å²) >= 11 is 6.24. The molecule has 0 bridgehead atoms. The second-order valence-corrected chi connectivity index (χ2v) is 9.54. The first-order valence-electron chi connectivity index (χ1n) is 11.9. The van der Waals surface area contributed by atoms with E-state index in [1.54, 1.807) is 6.07 Å². The Morgan fingerprint density at radius 2 is 1.97 bits per heavy atom. The highest BCUT2D eigenvalue weighted by atomic mass is 35.5. The largest absolute Gasteiger partial charge is 0.508 e. The molecule has 3 amide bonds. The molecule has 0 unspecified atom stereocenters. The van der Waals surface area contributed by atoms with E-state index in [0.29, 0.717) is 27.5 Å². The first-order chi connectivity index (χ1) is 17.2. The van der Waals surface area contributed by atoms with Gasteiger partial charge in [-0.05, 0) is 60.6 Å². The lowest BCUT2D eigenvalue weighted by Crippen LogP contribution is -2.40. The Bertz CT molecular complexity index is 1080. The molecule has 4 atom stereocenters. The summed E-state index contributed by atoms with van der Waals surface area (Å²) in [6, 6.07) is 4.69. The SMILES string of the molecule is CCC/C(=C\c1ccc(O)cc1Cl)CC[C@@H](O)C1=C(CO)C[C@H]2C(=O)N(C(=O)OC)C(=O)[C@H]2[C@H]1CO. The van der Waals surface area contributed by atoms with Crippen LogP contribution in [0.1, 0.15) is 44.6 Å². The number of halogens is 1. The number of phenols is 1. The number of phenolic OH excluding ortho intramolecular Hbond substituents is 1. The summed E-state index contributed by atoms with van der Waals surface area (Å²) in [5.41, 5.74) is 2.47. The van der Waals surface area contributed by atoms with Crippen LogP contribution >= 0.6 is 11.6 Å². The third kappa shape index (κ3) is 5.49. The molecule has 0 saturated carbocycles. The molecule has 1 heterocycles. The molecule has 0 spiro atoms. The smallest absolute Gasteiger partial charge is 0.423 e. The van der Waals surface area contributed by atoms with Gasteiger partial charge in [0.05, 0.1) is 43.3 Å². The summed E-state index contributed by atoms with van der Waals surface area (Å²) in [7, 11) is 1.06. The summed E-state index contributed by atoms with van der Waals surface area (Å²) in [6.07, 6.45) is 2.05. The quantitative estimate of drug-likeness (QED) is 0.286. The van der Waals surface area contributed by atoms with Crippen LogP contribution in [0.15, 0.2) is 34.9 Å². The fourth-order valence-electron chi connectivity index (χ4n) is 5.30. The minimum Gasteiger partial charge on any atom is -0.508 e. The second-order valence-electron chi connectivity index (χ2n) is 9.14. The van der Waals surface area contributed by atoms with E-state index in [9.17, 15) is 34.8 Å². The van der Waals surface area contributed by atoms with Crippen molar-refractivity contribution in [2.24, 2.45) is 17.8 Å². The van der Waals surface area contributed by atoms with Gasteiger partial charge in [0.15, 0.2) is 0 Å². The zero-order valence-electron chi connectivity index (χ0n) is 20.3. The van der Waals surface area contributed by atoms with Crippen molar-refractivity contribution in [2.75, 3.05) is 20.3 Å². The van der Waals surface area contributed by atoms with Crippen molar-refractivity contribution >= 4 is 35.6 Å². The third-order valence-corrected chi connectivity index (χ3v) is 7.27. The number of likely N-dealkylation sites (tertiary alicyclic amines) is 1. The van der Waals surface area contributed by atoms with Crippen LogP contribution in [0.4, 0.5) is 4.79 Å². The summed E-state index contributed by atoms with van der Waals surface area (Å²) in [5, 5.41) is 41.4. The van der Waals surface area contributed by atoms with Crippen molar-refractivity contribution in [3.8, 4) is 5.75 Å². The van der Waals surface area contributed by atoms with Gasteiger partial charge in [-0.25, -0.2) is 4.79 Å². The van der Waals surface area contributed by atoms with Crippen molar-refractivity contribution in [3.63, 3.8) is 0 Å². The van der Waals surface area contributed by atoms with Crippen molar-refractivity contribution in [3.05, 3.63) is 45.5 Å². The molecule has 2 aliphatic rings. The van der Waals surface area contributed by atoms with Gasteiger partial charge in [0.1, 0.15) is 5.75 Å². The molecule has 4 N–H and O–H groups in total. The third-order valence-electron chi connectivity index (χ3n) is 6.94. The number of fused-ring (bicyclic) bond motifs is 1. The highest BCUT2D eigenvalue weighted by Gasteiger charge is 2.57. The molecule has 1 saturated heterocycles. The molecule has 1 fully saturated rings. The number of benzene rings is 1. The van der Waals surface area contributed by atoms with E-state index in [2.05, 4.69) is 4.74 Å². The van der Waals surface area contributed by atoms with Crippen molar-refractivity contribution < 1.29 is 39.5 Å². The van der Waals surface area contributed by atoms with Gasteiger partial charge in [0.25, 0.3) is 0 Å². The Morgan fingerprint density at radius 3 is 2.56 bits per heavy atom. The number of nitrogens with zero attached hydrogens (tertiary/aromatic N) is 1. The molecule has 1 aliphatic heterocycles. The van der Waals surface area contributed by atoms with E-state index in [0.717, 1.165) is 31.1 Å². The fraction of sp³-hybridized carbons (Fsp3) is 0.500. The van der Waals surface area contributed by atoms with Crippen molar-refractivity contribution in [1.29, 1.82) is 0 Å². The number of hydrogen-bond acceptors (Lipinski definition) is 8. The normalized spacial score (nSPS) is 23.2. The number of ether oxygens (including phenoxy) is 1.